The molecule has 0 aliphatic heterocycles. The van der Waals surface area contributed by atoms with Crippen LogP contribution in [0.5, 0.6) is 0 Å². The molecule has 0 aliphatic carbocycles. The first-order chi connectivity index (χ1) is 7.74. The van der Waals surface area contributed by atoms with Crippen LogP contribution >= 0.6 is 0 Å². The topological polar surface area (TPSA) is 40.5 Å². The molecule has 0 fully saturated rings. The fraction of sp³-hybridized carbons (Fsp3) is 0.462. The Morgan fingerprint density at radius 3 is 2.53 bits per heavy atom. The summed E-state index contributed by atoms with van der Waals surface area (Å²) in [5, 5.41) is 9.05. The minimum absolute atomic E-state index is 0.250. The molecule has 0 unspecified atom stereocenters. The Labute approximate surface area is 101 Å². The molecule has 1 N–H and O–H groups in total. The zero-order chi connectivity index (χ0) is 13.2. The van der Waals surface area contributed by atoms with E-state index in [0.29, 0.717) is 12.1 Å². The van der Waals surface area contributed by atoms with Crippen molar-refractivity contribution in [3.8, 4) is 0 Å². The second-order valence-corrected chi connectivity index (χ2v) is 4.98. The fourth-order valence-corrected chi connectivity index (χ4v) is 1.62. The van der Waals surface area contributed by atoms with Crippen molar-refractivity contribution >= 4 is 11.7 Å². The maximum Gasteiger partial charge on any atom is 0.310 e. The Morgan fingerprint density at radius 1 is 1.47 bits per heavy atom. The van der Waals surface area contributed by atoms with Crippen molar-refractivity contribution in [2.24, 2.45) is 5.41 Å². The molecule has 0 heterocycles. The van der Waals surface area contributed by atoms with E-state index in [4.69, 9.17) is 5.11 Å². The lowest BCUT2D eigenvalue weighted by molar-refractivity contribution is -0.146. The van der Waals surface area contributed by atoms with Crippen LogP contribution in [0, 0.1) is 18.2 Å². The Bertz CT molecular complexity index is 429. The van der Waals surface area contributed by atoms with E-state index in [9.17, 15) is 9.18 Å². The number of carboxylic acid groups (broad SMARTS) is 1. The number of nitrogens with zero attached hydrogens (tertiary/aromatic N) is 1. The van der Waals surface area contributed by atoms with Crippen LogP contribution in [0.15, 0.2) is 18.2 Å². The number of carbonyl (C=O) groups is 1. The maximum absolute atomic E-state index is 13.1. The summed E-state index contributed by atoms with van der Waals surface area (Å²) in [6.45, 7) is 5.40. The largest absolute Gasteiger partial charge is 0.481 e. The van der Waals surface area contributed by atoms with Crippen LogP contribution in [0.2, 0.25) is 0 Å². The van der Waals surface area contributed by atoms with E-state index in [2.05, 4.69) is 0 Å². The van der Waals surface area contributed by atoms with Gasteiger partial charge in [-0.05, 0) is 44.5 Å². The van der Waals surface area contributed by atoms with Gasteiger partial charge in [-0.2, -0.15) is 0 Å². The summed E-state index contributed by atoms with van der Waals surface area (Å²) < 4.78 is 13.1. The molecule has 94 valence electrons. The number of aryl methyl sites for hydroxylation is 1. The number of anilines is 1. The Balaban J connectivity index is 2.87. The van der Waals surface area contributed by atoms with Crippen molar-refractivity contribution in [1.82, 2.24) is 0 Å². The van der Waals surface area contributed by atoms with E-state index in [1.807, 2.05) is 4.90 Å². The molecule has 0 bridgehead atoms. The van der Waals surface area contributed by atoms with Gasteiger partial charge >= 0.3 is 5.97 Å². The van der Waals surface area contributed by atoms with E-state index < -0.39 is 11.4 Å². The normalized spacial score (nSPS) is 11.4. The molecule has 3 nitrogen and oxygen atoms in total. The molecular formula is C13H18FNO2. The number of hydrogen-bond acceptors (Lipinski definition) is 2. The SMILES string of the molecule is Cc1cc(N(C)CC(C)(C)C(=O)O)ccc1F. The lowest BCUT2D eigenvalue weighted by Gasteiger charge is -2.28. The molecule has 0 amide bonds. The van der Waals surface area contributed by atoms with Gasteiger partial charge in [0.1, 0.15) is 5.82 Å². The molecule has 1 rings (SSSR count). The Hall–Kier alpha value is -1.58. The summed E-state index contributed by atoms with van der Waals surface area (Å²) in [6, 6.07) is 4.77. The van der Waals surface area contributed by atoms with Crippen molar-refractivity contribution in [1.29, 1.82) is 0 Å². The van der Waals surface area contributed by atoms with Crippen molar-refractivity contribution in [2.45, 2.75) is 20.8 Å². The van der Waals surface area contributed by atoms with Crippen LogP contribution in [-0.2, 0) is 4.79 Å². The average Bonchev–Trinajstić information content (AvgIpc) is 2.21. The molecule has 1 aromatic rings. The van der Waals surface area contributed by atoms with Crippen LogP contribution in [0.4, 0.5) is 10.1 Å². The number of hydrogen-bond donors (Lipinski definition) is 1. The molecular weight excluding hydrogens is 221 g/mol. The van der Waals surface area contributed by atoms with Gasteiger partial charge in [0.15, 0.2) is 0 Å². The van der Waals surface area contributed by atoms with Gasteiger partial charge in [0.2, 0.25) is 0 Å². The summed E-state index contributed by atoms with van der Waals surface area (Å²) in [5.41, 5.74) is 0.539. The monoisotopic (exact) mass is 239 g/mol. The molecule has 4 heteroatoms. The first-order valence-electron chi connectivity index (χ1n) is 5.45. The Kier molecular flexibility index (Phi) is 3.76. The molecule has 0 aromatic heterocycles. The highest BCUT2D eigenvalue weighted by molar-refractivity contribution is 5.74. The highest BCUT2D eigenvalue weighted by Gasteiger charge is 2.28. The van der Waals surface area contributed by atoms with Gasteiger partial charge < -0.3 is 10.0 Å². The molecule has 0 saturated heterocycles. The maximum atomic E-state index is 13.1. The highest BCUT2D eigenvalue weighted by Crippen LogP contribution is 2.22. The number of carboxylic acids is 1. The van der Waals surface area contributed by atoms with Gasteiger partial charge in [0.25, 0.3) is 0 Å². The third-order valence-electron chi connectivity index (χ3n) is 2.79. The third-order valence-corrected chi connectivity index (χ3v) is 2.79. The summed E-state index contributed by atoms with van der Waals surface area (Å²) in [7, 11) is 1.80. The van der Waals surface area contributed by atoms with E-state index in [-0.39, 0.29) is 5.82 Å². The quantitative estimate of drug-likeness (QED) is 0.878. The second kappa shape index (κ2) is 4.73. The summed E-state index contributed by atoms with van der Waals surface area (Å²) in [5.74, 6) is -1.09. The zero-order valence-corrected chi connectivity index (χ0v) is 10.6. The predicted octanol–water partition coefficient (Wildman–Crippen LogP) is 2.68. The van der Waals surface area contributed by atoms with E-state index >= 15 is 0 Å². The standard InChI is InChI=1S/C13H18FNO2/c1-9-7-10(5-6-11(9)14)15(4)8-13(2,3)12(16)17/h5-7H,8H2,1-4H3,(H,16,17). The highest BCUT2D eigenvalue weighted by atomic mass is 19.1. The Morgan fingerprint density at radius 2 is 2.06 bits per heavy atom. The van der Waals surface area contributed by atoms with E-state index in [1.165, 1.54) is 6.07 Å². The van der Waals surface area contributed by atoms with E-state index in [0.717, 1.165) is 5.69 Å². The van der Waals surface area contributed by atoms with Gasteiger partial charge in [-0.1, -0.05) is 0 Å². The van der Waals surface area contributed by atoms with Crippen LogP contribution in [0.3, 0.4) is 0 Å². The summed E-state index contributed by atoms with van der Waals surface area (Å²) in [6.07, 6.45) is 0. The molecule has 0 atom stereocenters. The summed E-state index contributed by atoms with van der Waals surface area (Å²) >= 11 is 0. The predicted molar refractivity (Wildman–Crippen MR) is 65.8 cm³/mol. The van der Waals surface area contributed by atoms with Crippen molar-refractivity contribution in [3.05, 3.63) is 29.6 Å². The number of rotatable bonds is 4. The molecule has 0 aliphatic rings. The van der Waals surface area contributed by atoms with Crippen molar-refractivity contribution < 1.29 is 14.3 Å². The van der Waals surface area contributed by atoms with Crippen molar-refractivity contribution in [2.75, 3.05) is 18.5 Å². The van der Waals surface area contributed by atoms with Gasteiger partial charge in [-0.15, -0.1) is 0 Å². The fourth-order valence-electron chi connectivity index (χ4n) is 1.62. The smallest absolute Gasteiger partial charge is 0.310 e. The van der Waals surface area contributed by atoms with Crippen LogP contribution in [0.25, 0.3) is 0 Å². The van der Waals surface area contributed by atoms with Crippen LogP contribution in [-0.4, -0.2) is 24.7 Å². The number of benzene rings is 1. The minimum atomic E-state index is -0.844. The van der Waals surface area contributed by atoms with Gasteiger partial charge in [0, 0.05) is 19.3 Å². The van der Waals surface area contributed by atoms with Gasteiger partial charge in [-0.3, -0.25) is 4.79 Å². The van der Waals surface area contributed by atoms with Gasteiger partial charge in [0.05, 0.1) is 5.41 Å². The summed E-state index contributed by atoms with van der Waals surface area (Å²) in [4.78, 5) is 12.8. The van der Waals surface area contributed by atoms with Crippen molar-refractivity contribution in [3.63, 3.8) is 0 Å². The zero-order valence-electron chi connectivity index (χ0n) is 10.6. The average molecular weight is 239 g/mol. The lowest BCUT2D eigenvalue weighted by Crippen LogP contribution is -2.37. The minimum Gasteiger partial charge on any atom is -0.481 e. The molecule has 0 spiro atoms. The molecule has 1 aromatic carbocycles. The number of aliphatic carboxylic acids is 1. The first kappa shape index (κ1) is 13.5. The molecule has 0 saturated carbocycles. The molecule has 0 radical (unpaired) electrons. The molecule has 17 heavy (non-hydrogen) atoms. The second-order valence-electron chi connectivity index (χ2n) is 4.98. The number of halogens is 1. The third kappa shape index (κ3) is 3.19. The van der Waals surface area contributed by atoms with Gasteiger partial charge in [-0.25, -0.2) is 4.39 Å². The first-order valence-corrected chi connectivity index (χ1v) is 5.45. The van der Waals surface area contributed by atoms with Crippen LogP contribution in [0.1, 0.15) is 19.4 Å². The van der Waals surface area contributed by atoms with E-state index in [1.54, 1.807) is 40.0 Å². The van der Waals surface area contributed by atoms with Crippen LogP contribution < -0.4 is 4.90 Å². The lowest BCUT2D eigenvalue weighted by atomic mass is 9.93.